The number of nitrogens with zero attached hydrogens (tertiary/aromatic N) is 1. The van der Waals surface area contributed by atoms with Crippen LogP contribution < -0.4 is 9.64 Å². The molecule has 0 bridgehead atoms. The Labute approximate surface area is 149 Å². The third kappa shape index (κ3) is 2.49. The van der Waals surface area contributed by atoms with E-state index in [9.17, 15) is 0 Å². The lowest BCUT2D eigenvalue weighted by atomic mass is 9.90. The number of methoxy groups -OCH3 is 1. The zero-order chi connectivity index (χ0) is 17.4. The average Bonchev–Trinajstić information content (AvgIpc) is 3.29. The van der Waals surface area contributed by atoms with Crippen molar-refractivity contribution < 1.29 is 4.74 Å². The lowest BCUT2D eigenvalue weighted by molar-refractivity contribution is 0.415. The quantitative estimate of drug-likeness (QED) is 0.588. The highest BCUT2D eigenvalue weighted by molar-refractivity contribution is 5.67. The topological polar surface area (TPSA) is 12.2 Å². The monoisotopic (exact) mass is 329 g/mol. The van der Waals surface area contributed by atoms with E-state index in [1.807, 2.05) is 12.1 Å². The highest BCUT2D eigenvalue weighted by Crippen LogP contribution is 2.62. The van der Waals surface area contributed by atoms with E-state index in [4.69, 9.17) is 4.74 Å². The highest BCUT2D eigenvalue weighted by atomic mass is 16.5. The van der Waals surface area contributed by atoms with Crippen molar-refractivity contribution in [1.29, 1.82) is 0 Å². The van der Waals surface area contributed by atoms with Crippen molar-refractivity contribution in [3.05, 3.63) is 95.6 Å². The van der Waals surface area contributed by atoms with Crippen LogP contribution in [0.2, 0.25) is 0 Å². The summed E-state index contributed by atoms with van der Waals surface area (Å²) in [6, 6.07) is 28.2. The van der Waals surface area contributed by atoms with E-state index in [1.165, 1.54) is 22.4 Å². The number of ether oxygens (including phenoxy) is 1. The summed E-state index contributed by atoms with van der Waals surface area (Å²) >= 11 is 0. The van der Waals surface area contributed by atoms with E-state index < -0.39 is 0 Å². The molecule has 3 aromatic carbocycles. The largest absolute Gasteiger partial charge is 0.497 e. The van der Waals surface area contributed by atoms with Crippen molar-refractivity contribution in [3.8, 4) is 5.75 Å². The molecule has 0 spiro atoms. The normalized spacial score (nSPS) is 21.9. The number of anilines is 1. The Morgan fingerprint density at radius 1 is 0.840 bits per heavy atom. The molecule has 1 fully saturated rings. The molecule has 126 valence electrons. The molecule has 0 unspecified atom stereocenters. The van der Waals surface area contributed by atoms with Gasteiger partial charge in [-0.15, -0.1) is 0 Å². The van der Waals surface area contributed by atoms with E-state index in [0.29, 0.717) is 6.04 Å². The third-order valence-electron chi connectivity index (χ3n) is 5.38. The Balaban J connectivity index is 1.81. The van der Waals surface area contributed by atoms with E-state index >= 15 is 0 Å². The molecule has 1 saturated heterocycles. The van der Waals surface area contributed by atoms with Crippen molar-refractivity contribution >= 4 is 5.69 Å². The van der Waals surface area contributed by atoms with Crippen LogP contribution in [0.4, 0.5) is 5.69 Å². The molecule has 0 radical (unpaired) electrons. The predicted octanol–water partition coefficient (Wildman–Crippen LogP) is 5.48. The van der Waals surface area contributed by atoms with Crippen molar-refractivity contribution in [1.82, 2.24) is 0 Å². The van der Waals surface area contributed by atoms with E-state index in [0.717, 1.165) is 5.75 Å². The Kier molecular flexibility index (Phi) is 3.76. The van der Waals surface area contributed by atoms with Gasteiger partial charge in [0.15, 0.2) is 0 Å². The molecular weight excluding hydrogens is 306 g/mol. The van der Waals surface area contributed by atoms with Crippen molar-refractivity contribution in [2.24, 2.45) is 0 Å². The first-order valence-electron chi connectivity index (χ1n) is 8.70. The van der Waals surface area contributed by atoms with Crippen LogP contribution in [-0.2, 0) is 5.54 Å². The molecule has 0 amide bonds. The summed E-state index contributed by atoms with van der Waals surface area (Å²) in [7, 11) is 1.70. The van der Waals surface area contributed by atoms with Crippen molar-refractivity contribution in [2.45, 2.75) is 25.4 Å². The number of benzene rings is 3. The maximum Gasteiger partial charge on any atom is 0.119 e. The van der Waals surface area contributed by atoms with Crippen LogP contribution in [0.15, 0.2) is 78.9 Å². The molecule has 0 N–H and O–H groups in total. The van der Waals surface area contributed by atoms with Crippen LogP contribution in [-0.4, -0.2) is 7.11 Å². The number of hydrogen-bond acceptors (Lipinski definition) is 2. The fourth-order valence-electron chi connectivity index (χ4n) is 4.08. The van der Waals surface area contributed by atoms with Gasteiger partial charge in [0.1, 0.15) is 5.75 Å². The number of aryl methyl sites for hydroxylation is 1. The fourth-order valence-corrected chi connectivity index (χ4v) is 4.08. The van der Waals surface area contributed by atoms with Gasteiger partial charge in [-0.2, -0.15) is 0 Å². The zero-order valence-electron chi connectivity index (χ0n) is 14.9. The van der Waals surface area contributed by atoms with Gasteiger partial charge in [0.25, 0.3) is 0 Å². The van der Waals surface area contributed by atoms with E-state index in [-0.39, 0.29) is 5.54 Å². The van der Waals surface area contributed by atoms with Crippen LogP contribution in [0.5, 0.6) is 5.75 Å². The summed E-state index contributed by atoms with van der Waals surface area (Å²) in [6.07, 6.45) is 0. The molecule has 0 saturated carbocycles. The highest BCUT2D eigenvalue weighted by Gasteiger charge is 2.61. The molecule has 1 aliphatic heterocycles. The molecular formula is C23H23NO. The molecule has 25 heavy (non-hydrogen) atoms. The third-order valence-corrected chi connectivity index (χ3v) is 5.38. The molecule has 4 rings (SSSR count). The average molecular weight is 329 g/mol. The number of hydrogen-bond donors (Lipinski definition) is 0. The van der Waals surface area contributed by atoms with Crippen LogP contribution in [0.25, 0.3) is 0 Å². The molecule has 2 atom stereocenters. The summed E-state index contributed by atoms with van der Waals surface area (Å²) in [5.41, 5.74) is 5.26. The second kappa shape index (κ2) is 5.96. The van der Waals surface area contributed by atoms with Gasteiger partial charge in [-0.3, -0.25) is 0 Å². The SMILES string of the molecule is COc1ccc(N2[C@H](c3ccccc3)[C@@]2(C)c2ccccc2C)cc1. The van der Waals surface area contributed by atoms with E-state index in [2.05, 4.69) is 85.5 Å². The van der Waals surface area contributed by atoms with Gasteiger partial charge in [-0.25, -0.2) is 0 Å². The van der Waals surface area contributed by atoms with Crippen LogP contribution in [0, 0.1) is 6.92 Å². The minimum absolute atomic E-state index is 0.0404. The molecule has 1 aliphatic rings. The molecule has 2 heteroatoms. The Morgan fingerprint density at radius 2 is 1.48 bits per heavy atom. The van der Waals surface area contributed by atoms with Crippen LogP contribution in [0.1, 0.15) is 29.7 Å². The second-order valence-electron chi connectivity index (χ2n) is 6.84. The molecule has 1 heterocycles. The predicted molar refractivity (Wildman–Crippen MR) is 103 cm³/mol. The lowest BCUT2D eigenvalue weighted by Gasteiger charge is -2.16. The summed E-state index contributed by atoms with van der Waals surface area (Å²) in [6.45, 7) is 4.55. The van der Waals surface area contributed by atoms with Crippen LogP contribution >= 0.6 is 0 Å². The Morgan fingerprint density at radius 3 is 2.12 bits per heavy atom. The molecule has 0 aromatic heterocycles. The van der Waals surface area contributed by atoms with Crippen molar-refractivity contribution in [3.63, 3.8) is 0 Å². The summed E-state index contributed by atoms with van der Waals surface area (Å²) < 4.78 is 5.32. The summed E-state index contributed by atoms with van der Waals surface area (Å²) in [4.78, 5) is 2.50. The molecule has 3 aromatic rings. The minimum Gasteiger partial charge on any atom is -0.497 e. The zero-order valence-corrected chi connectivity index (χ0v) is 14.9. The first-order chi connectivity index (χ1) is 12.2. The second-order valence-corrected chi connectivity index (χ2v) is 6.84. The maximum absolute atomic E-state index is 5.32. The fraction of sp³-hybridized carbons (Fsp3) is 0.217. The Hall–Kier alpha value is -2.74. The van der Waals surface area contributed by atoms with E-state index in [1.54, 1.807) is 7.11 Å². The summed E-state index contributed by atoms with van der Waals surface area (Å²) in [5, 5.41) is 0. The first kappa shape index (κ1) is 15.8. The van der Waals surface area contributed by atoms with Crippen molar-refractivity contribution in [2.75, 3.05) is 12.0 Å². The van der Waals surface area contributed by atoms with Gasteiger partial charge in [-0.05, 0) is 54.8 Å². The Bertz CT molecular complexity index is 872. The van der Waals surface area contributed by atoms with Gasteiger partial charge in [0.2, 0.25) is 0 Å². The van der Waals surface area contributed by atoms with Gasteiger partial charge in [0.05, 0.1) is 18.7 Å². The van der Waals surface area contributed by atoms with Gasteiger partial charge in [0, 0.05) is 5.69 Å². The lowest BCUT2D eigenvalue weighted by Crippen LogP contribution is -2.12. The first-order valence-corrected chi connectivity index (χ1v) is 8.70. The number of rotatable bonds is 4. The molecule has 2 nitrogen and oxygen atoms in total. The maximum atomic E-state index is 5.32. The van der Waals surface area contributed by atoms with Gasteiger partial charge < -0.3 is 9.64 Å². The van der Waals surface area contributed by atoms with Gasteiger partial charge >= 0.3 is 0 Å². The standard InChI is InChI=1S/C23H23NO/c1-17-9-7-8-12-21(17)23(2)22(18-10-5-4-6-11-18)24(23)19-13-15-20(25-3)16-14-19/h4-16,22H,1-3H3/t22-,23-,24?/m1/s1. The molecule has 0 aliphatic carbocycles. The minimum atomic E-state index is -0.0404. The van der Waals surface area contributed by atoms with Crippen LogP contribution in [0.3, 0.4) is 0 Å². The van der Waals surface area contributed by atoms with Gasteiger partial charge in [-0.1, -0.05) is 54.6 Å². The summed E-state index contributed by atoms with van der Waals surface area (Å²) in [5.74, 6) is 0.888. The smallest absolute Gasteiger partial charge is 0.119 e.